The predicted molar refractivity (Wildman–Crippen MR) is 340 cm³/mol. The van der Waals surface area contributed by atoms with Crippen molar-refractivity contribution in [3.05, 3.63) is 12.2 Å². The van der Waals surface area contributed by atoms with Crippen LogP contribution < -0.4 is 0 Å². The fourth-order valence-corrected chi connectivity index (χ4v) is 11.2. The second-order valence-corrected chi connectivity index (χ2v) is 24.5. The molecule has 78 heavy (non-hydrogen) atoms. The molecule has 6 heteroatoms. The molecule has 0 rings (SSSR count). The lowest BCUT2D eigenvalue weighted by Crippen LogP contribution is -2.30. The first-order valence-electron chi connectivity index (χ1n) is 35.7. The number of rotatable bonds is 67. The molecular weight excluding hydrogens is 961 g/mol. The third-order valence-corrected chi connectivity index (χ3v) is 16.5. The number of carbonyl (C=O) groups is 3. The third-order valence-electron chi connectivity index (χ3n) is 16.5. The van der Waals surface area contributed by atoms with Gasteiger partial charge in [-0.3, -0.25) is 14.4 Å². The van der Waals surface area contributed by atoms with E-state index >= 15 is 0 Å². The lowest BCUT2D eigenvalue weighted by atomic mass is 10.0. The van der Waals surface area contributed by atoms with Crippen LogP contribution in [0.3, 0.4) is 0 Å². The Kier molecular flexibility index (Phi) is 66.0. The minimum absolute atomic E-state index is 0.0658. The quantitative estimate of drug-likeness (QED) is 0.0261. The molecule has 0 heterocycles. The fraction of sp³-hybridized carbons (Fsp3) is 0.931. The van der Waals surface area contributed by atoms with Crippen molar-refractivity contribution in [3.8, 4) is 0 Å². The maximum atomic E-state index is 12.9. The number of carbonyl (C=O) groups excluding carboxylic acids is 3. The molecule has 0 aliphatic rings. The van der Waals surface area contributed by atoms with Crippen LogP contribution in [0.2, 0.25) is 0 Å². The zero-order chi connectivity index (χ0) is 56.4. The van der Waals surface area contributed by atoms with E-state index in [1.807, 2.05) is 0 Å². The first-order valence-corrected chi connectivity index (χ1v) is 35.7. The van der Waals surface area contributed by atoms with Crippen molar-refractivity contribution in [1.82, 2.24) is 0 Å². The van der Waals surface area contributed by atoms with Crippen LogP contribution >= 0.6 is 0 Å². The van der Waals surface area contributed by atoms with E-state index in [1.54, 1.807) is 0 Å². The van der Waals surface area contributed by atoms with Gasteiger partial charge in [-0.2, -0.15) is 0 Å². The highest BCUT2D eigenvalue weighted by molar-refractivity contribution is 5.71. The summed E-state index contributed by atoms with van der Waals surface area (Å²) in [5.74, 6) is -0.841. The van der Waals surface area contributed by atoms with Crippen molar-refractivity contribution < 1.29 is 28.6 Å². The van der Waals surface area contributed by atoms with Gasteiger partial charge in [0.05, 0.1) is 0 Å². The van der Waals surface area contributed by atoms with Gasteiger partial charge >= 0.3 is 17.9 Å². The van der Waals surface area contributed by atoms with Crippen LogP contribution in [-0.2, 0) is 28.6 Å². The normalized spacial score (nSPS) is 12.0. The Hall–Kier alpha value is -1.85. The minimum atomic E-state index is -0.769. The van der Waals surface area contributed by atoms with E-state index in [0.717, 1.165) is 64.2 Å². The number of allylic oxidation sites excluding steroid dienone is 2. The number of esters is 3. The summed E-state index contributed by atoms with van der Waals surface area (Å²) in [6.07, 6.45) is 81.1. The van der Waals surface area contributed by atoms with Gasteiger partial charge in [-0.15, -0.1) is 0 Å². The largest absolute Gasteiger partial charge is 0.462 e. The Balaban J connectivity index is 4.14. The second kappa shape index (κ2) is 67.7. The lowest BCUT2D eigenvalue weighted by molar-refractivity contribution is -0.167. The van der Waals surface area contributed by atoms with Crippen molar-refractivity contribution in [2.45, 2.75) is 419 Å². The Morgan fingerprint density at radius 3 is 0.667 bits per heavy atom. The molecule has 0 aromatic heterocycles. The van der Waals surface area contributed by atoms with Gasteiger partial charge in [0.1, 0.15) is 13.2 Å². The van der Waals surface area contributed by atoms with E-state index in [2.05, 4.69) is 32.9 Å². The maximum Gasteiger partial charge on any atom is 0.306 e. The summed E-state index contributed by atoms with van der Waals surface area (Å²) in [4.78, 5) is 38.4. The Morgan fingerprint density at radius 1 is 0.244 bits per heavy atom. The Morgan fingerprint density at radius 2 is 0.423 bits per heavy atom. The Labute approximate surface area is 488 Å². The summed E-state index contributed by atoms with van der Waals surface area (Å²) in [5.41, 5.74) is 0. The molecule has 0 radical (unpaired) electrons. The van der Waals surface area contributed by atoms with Crippen molar-refractivity contribution in [2.24, 2.45) is 0 Å². The molecule has 0 fully saturated rings. The van der Waals surface area contributed by atoms with Crippen LogP contribution in [0.15, 0.2) is 12.2 Å². The third kappa shape index (κ3) is 65.0. The minimum Gasteiger partial charge on any atom is -0.462 e. The van der Waals surface area contributed by atoms with E-state index in [1.165, 1.54) is 308 Å². The molecule has 1 unspecified atom stereocenters. The predicted octanol–water partition coefficient (Wildman–Crippen LogP) is 24.4. The summed E-state index contributed by atoms with van der Waals surface area (Å²) in [6.45, 7) is 6.70. The van der Waals surface area contributed by atoms with Crippen LogP contribution in [0.25, 0.3) is 0 Å². The first-order chi connectivity index (χ1) is 38.5. The molecule has 0 bridgehead atoms. The SMILES string of the molecule is CCCCC/C=C\CCCCCCCC(=O)OCC(COC(=O)CCCCCCCCCCCCCCCCCCCCCCCCCCCCCC)OC(=O)CCCCCCCCCCCCCCCCCCCCCC. The number of unbranched alkanes of at least 4 members (excludes halogenated alkanes) is 54. The summed E-state index contributed by atoms with van der Waals surface area (Å²) in [5, 5.41) is 0. The molecule has 0 aromatic carbocycles. The lowest BCUT2D eigenvalue weighted by Gasteiger charge is -2.18. The molecule has 1 atom stereocenters. The molecule has 0 N–H and O–H groups in total. The molecule has 0 aromatic rings. The molecule has 0 spiro atoms. The summed E-state index contributed by atoms with van der Waals surface area (Å²) < 4.78 is 17.0. The van der Waals surface area contributed by atoms with Crippen LogP contribution in [0.4, 0.5) is 0 Å². The second-order valence-electron chi connectivity index (χ2n) is 24.5. The smallest absolute Gasteiger partial charge is 0.306 e. The summed E-state index contributed by atoms with van der Waals surface area (Å²) in [6, 6.07) is 0. The standard InChI is InChI=1S/C72H138O6/c1-4-7-10-13-16-19-22-25-27-29-31-33-34-35-36-37-38-39-40-42-43-45-47-50-53-56-59-62-65-71(74)77-68-69(67-76-70(73)64-61-58-55-52-49-24-21-18-15-12-9-6-3)78-72(75)66-63-60-57-54-51-48-46-44-41-32-30-28-26-23-20-17-14-11-8-5-2/h18,21,69H,4-17,19-20,22-68H2,1-3H3/b21-18-. The van der Waals surface area contributed by atoms with Gasteiger partial charge in [-0.25, -0.2) is 0 Å². The summed E-state index contributed by atoms with van der Waals surface area (Å²) >= 11 is 0. The van der Waals surface area contributed by atoms with E-state index in [-0.39, 0.29) is 31.1 Å². The molecule has 462 valence electrons. The van der Waals surface area contributed by atoms with E-state index in [4.69, 9.17) is 14.2 Å². The van der Waals surface area contributed by atoms with Gasteiger partial charge < -0.3 is 14.2 Å². The Bertz CT molecular complexity index is 1210. The average Bonchev–Trinajstić information content (AvgIpc) is 3.44. The summed E-state index contributed by atoms with van der Waals surface area (Å²) in [7, 11) is 0. The van der Waals surface area contributed by atoms with Gasteiger partial charge in [0.15, 0.2) is 6.10 Å². The maximum absolute atomic E-state index is 12.9. The molecule has 0 aliphatic carbocycles. The topological polar surface area (TPSA) is 78.9 Å². The monoisotopic (exact) mass is 1100 g/mol. The zero-order valence-corrected chi connectivity index (χ0v) is 53.2. The van der Waals surface area contributed by atoms with Crippen LogP contribution in [0.5, 0.6) is 0 Å². The van der Waals surface area contributed by atoms with Crippen molar-refractivity contribution >= 4 is 17.9 Å². The van der Waals surface area contributed by atoms with Gasteiger partial charge in [-0.1, -0.05) is 360 Å². The van der Waals surface area contributed by atoms with E-state index < -0.39 is 6.10 Å². The highest BCUT2D eigenvalue weighted by Crippen LogP contribution is 2.19. The molecular formula is C72H138O6. The average molecular weight is 1100 g/mol. The van der Waals surface area contributed by atoms with Gasteiger partial charge in [0, 0.05) is 19.3 Å². The number of hydrogen-bond donors (Lipinski definition) is 0. The van der Waals surface area contributed by atoms with Crippen molar-refractivity contribution in [2.75, 3.05) is 13.2 Å². The molecule has 0 saturated heterocycles. The van der Waals surface area contributed by atoms with Crippen molar-refractivity contribution in [3.63, 3.8) is 0 Å². The molecule has 6 nitrogen and oxygen atoms in total. The van der Waals surface area contributed by atoms with Gasteiger partial charge in [0.2, 0.25) is 0 Å². The van der Waals surface area contributed by atoms with Gasteiger partial charge in [-0.05, 0) is 44.9 Å². The van der Waals surface area contributed by atoms with Crippen LogP contribution in [0, 0.1) is 0 Å². The highest BCUT2D eigenvalue weighted by Gasteiger charge is 2.19. The van der Waals surface area contributed by atoms with Crippen LogP contribution in [0.1, 0.15) is 412 Å². The zero-order valence-electron chi connectivity index (χ0n) is 53.2. The van der Waals surface area contributed by atoms with E-state index in [0.29, 0.717) is 19.3 Å². The van der Waals surface area contributed by atoms with E-state index in [9.17, 15) is 14.4 Å². The fourth-order valence-electron chi connectivity index (χ4n) is 11.2. The number of ether oxygens (including phenoxy) is 3. The number of hydrogen-bond acceptors (Lipinski definition) is 6. The molecule has 0 aliphatic heterocycles. The molecule has 0 amide bonds. The first kappa shape index (κ1) is 76.1. The van der Waals surface area contributed by atoms with Gasteiger partial charge in [0.25, 0.3) is 0 Å². The molecule has 0 saturated carbocycles. The van der Waals surface area contributed by atoms with Crippen molar-refractivity contribution in [1.29, 1.82) is 0 Å². The highest BCUT2D eigenvalue weighted by atomic mass is 16.6. The van der Waals surface area contributed by atoms with Crippen LogP contribution in [-0.4, -0.2) is 37.2 Å².